The number of nitrogens with one attached hydrogen (secondary N) is 1. The van der Waals surface area contributed by atoms with Crippen LogP contribution in [0.4, 0.5) is 6.01 Å². The molecule has 0 aliphatic heterocycles. The van der Waals surface area contributed by atoms with E-state index in [1.54, 1.807) is 7.11 Å². The van der Waals surface area contributed by atoms with Crippen LogP contribution in [-0.4, -0.2) is 23.2 Å². The molecule has 1 aromatic heterocycles. The van der Waals surface area contributed by atoms with Crippen LogP contribution < -0.4 is 10.1 Å². The van der Waals surface area contributed by atoms with E-state index >= 15 is 0 Å². The molecule has 0 spiro atoms. The van der Waals surface area contributed by atoms with Gasteiger partial charge in [0.05, 0.1) is 13.5 Å². The van der Waals surface area contributed by atoms with Gasteiger partial charge >= 0.3 is 6.01 Å². The van der Waals surface area contributed by atoms with Gasteiger partial charge in [-0.1, -0.05) is 34.4 Å². The van der Waals surface area contributed by atoms with Gasteiger partial charge in [0.15, 0.2) is 0 Å². The number of ether oxygens (including phenoxy) is 1. The summed E-state index contributed by atoms with van der Waals surface area (Å²) in [7, 11) is 1.60. The molecule has 1 heterocycles. The van der Waals surface area contributed by atoms with Crippen LogP contribution in [0.15, 0.2) is 46.9 Å². The van der Waals surface area contributed by atoms with Crippen molar-refractivity contribution in [1.29, 1.82) is 0 Å². The predicted molar refractivity (Wildman–Crippen MR) is 94.5 cm³/mol. The van der Waals surface area contributed by atoms with E-state index in [4.69, 9.17) is 9.15 Å². The van der Waals surface area contributed by atoms with Crippen LogP contribution in [0.25, 0.3) is 11.5 Å². The molecule has 0 saturated heterocycles. The summed E-state index contributed by atoms with van der Waals surface area (Å²) >= 11 is 0. The van der Waals surface area contributed by atoms with Crippen LogP contribution in [0.5, 0.6) is 5.75 Å². The number of hydrogen-bond acceptors (Lipinski definition) is 5. The number of carbonyl (C=O) groups is 1. The fraction of sp³-hybridized carbons (Fsp3) is 0.211. The molecule has 128 valence electrons. The average Bonchev–Trinajstić information content (AvgIpc) is 3.03. The van der Waals surface area contributed by atoms with Crippen LogP contribution in [-0.2, 0) is 11.2 Å². The third-order valence-electron chi connectivity index (χ3n) is 3.66. The Morgan fingerprint density at radius 2 is 1.76 bits per heavy atom. The standard InChI is InChI=1S/C19H19N3O3/c1-12-8-13(2)10-15(9-12)18-21-22-19(25-18)20-17(23)11-14-4-6-16(24-3)7-5-14/h4-10H,11H2,1-3H3,(H,20,22,23). The smallest absolute Gasteiger partial charge is 0.322 e. The minimum absolute atomic E-state index is 0.0904. The second-order valence-electron chi connectivity index (χ2n) is 5.86. The normalized spacial score (nSPS) is 10.5. The Bertz CT molecular complexity index is 865. The van der Waals surface area contributed by atoms with Gasteiger partial charge < -0.3 is 9.15 Å². The lowest BCUT2D eigenvalue weighted by molar-refractivity contribution is -0.115. The lowest BCUT2D eigenvalue weighted by atomic mass is 10.1. The summed E-state index contributed by atoms with van der Waals surface area (Å²) in [6.07, 6.45) is 0.214. The molecule has 0 unspecified atom stereocenters. The summed E-state index contributed by atoms with van der Waals surface area (Å²) in [5.74, 6) is 0.909. The van der Waals surface area contributed by atoms with E-state index in [1.165, 1.54) is 0 Å². The second kappa shape index (κ2) is 7.17. The number of nitrogens with zero attached hydrogens (tertiary/aromatic N) is 2. The van der Waals surface area contributed by atoms with Crippen LogP contribution in [0.2, 0.25) is 0 Å². The van der Waals surface area contributed by atoms with E-state index in [9.17, 15) is 4.79 Å². The van der Waals surface area contributed by atoms with E-state index in [-0.39, 0.29) is 18.3 Å². The van der Waals surface area contributed by atoms with Crippen molar-refractivity contribution in [1.82, 2.24) is 10.2 Å². The highest BCUT2D eigenvalue weighted by Crippen LogP contribution is 2.22. The Morgan fingerprint density at radius 1 is 1.08 bits per heavy atom. The molecular formula is C19H19N3O3. The van der Waals surface area contributed by atoms with Crippen molar-refractivity contribution < 1.29 is 13.9 Å². The number of amides is 1. The first kappa shape index (κ1) is 16.7. The number of benzene rings is 2. The number of rotatable bonds is 5. The summed E-state index contributed by atoms with van der Waals surface area (Å²) in [6.45, 7) is 4.01. The summed E-state index contributed by atoms with van der Waals surface area (Å²) in [5.41, 5.74) is 3.92. The summed E-state index contributed by atoms with van der Waals surface area (Å²) in [6, 6.07) is 13.4. The van der Waals surface area contributed by atoms with Crippen molar-refractivity contribution in [2.75, 3.05) is 12.4 Å². The Labute approximate surface area is 145 Å². The van der Waals surface area contributed by atoms with E-state index in [2.05, 4.69) is 21.6 Å². The highest BCUT2D eigenvalue weighted by molar-refractivity contribution is 5.90. The molecule has 0 saturated carbocycles. The van der Waals surface area contributed by atoms with Crippen molar-refractivity contribution in [3.63, 3.8) is 0 Å². The molecule has 6 nitrogen and oxygen atoms in total. The molecule has 0 radical (unpaired) electrons. The summed E-state index contributed by atoms with van der Waals surface area (Å²) in [4.78, 5) is 12.1. The monoisotopic (exact) mass is 337 g/mol. The predicted octanol–water partition coefficient (Wildman–Crippen LogP) is 3.54. The SMILES string of the molecule is COc1ccc(CC(=O)Nc2nnc(-c3cc(C)cc(C)c3)o2)cc1. The maximum Gasteiger partial charge on any atom is 0.322 e. The number of anilines is 1. The second-order valence-corrected chi connectivity index (χ2v) is 5.86. The molecule has 0 fully saturated rings. The molecule has 0 aliphatic rings. The Balaban J connectivity index is 1.67. The number of aromatic nitrogens is 2. The van der Waals surface area contributed by atoms with Gasteiger partial charge in [-0.05, 0) is 43.7 Å². The Morgan fingerprint density at radius 3 is 2.40 bits per heavy atom. The Kier molecular flexibility index (Phi) is 4.79. The molecule has 25 heavy (non-hydrogen) atoms. The largest absolute Gasteiger partial charge is 0.497 e. The third-order valence-corrected chi connectivity index (χ3v) is 3.66. The van der Waals surface area contributed by atoms with Crippen LogP contribution in [0, 0.1) is 13.8 Å². The highest BCUT2D eigenvalue weighted by atomic mass is 16.5. The first-order valence-corrected chi connectivity index (χ1v) is 7.88. The fourth-order valence-corrected chi connectivity index (χ4v) is 2.58. The lowest BCUT2D eigenvalue weighted by Crippen LogP contribution is -2.14. The minimum Gasteiger partial charge on any atom is -0.497 e. The first-order chi connectivity index (χ1) is 12.0. The maximum absolute atomic E-state index is 12.1. The van der Waals surface area contributed by atoms with Crippen molar-refractivity contribution in [2.45, 2.75) is 20.3 Å². The zero-order valence-corrected chi connectivity index (χ0v) is 14.4. The van der Waals surface area contributed by atoms with Crippen molar-refractivity contribution >= 4 is 11.9 Å². The minimum atomic E-state index is -0.221. The molecule has 6 heteroatoms. The van der Waals surface area contributed by atoms with Gasteiger partial charge in [-0.25, -0.2) is 0 Å². The molecule has 1 amide bonds. The Hall–Kier alpha value is -3.15. The van der Waals surface area contributed by atoms with Gasteiger partial charge in [-0.15, -0.1) is 5.10 Å². The van der Waals surface area contributed by atoms with E-state index in [1.807, 2.05) is 50.2 Å². The molecule has 3 aromatic rings. The van der Waals surface area contributed by atoms with Gasteiger partial charge in [-0.3, -0.25) is 10.1 Å². The molecule has 1 N–H and O–H groups in total. The van der Waals surface area contributed by atoms with E-state index in [0.29, 0.717) is 5.89 Å². The van der Waals surface area contributed by atoms with Crippen molar-refractivity contribution in [2.24, 2.45) is 0 Å². The van der Waals surface area contributed by atoms with Gasteiger partial charge in [-0.2, -0.15) is 0 Å². The third kappa shape index (κ3) is 4.23. The van der Waals surface area contributed by atoms with Gasteiger partial charge in [0, 0.05) is 5.56 Å². The molecule has 3 rings (SSSR count). The number of carbonyl (C=O) groups excluding carboxylic acids is 1. The lowest BCUT2D eigenvalue weighted by Gasteiger charge is -2.03. The van der Waals surface area contributed by atoms with Crippen molar-refractivity contribution in [3.8, 4) is 17.2 Å². The molecule has 0 aliphatic carbocycles. The molecule has 0 bridgehead atoms. The summed E-state index contributed by atoms with van der Waals surface area (Å²) in [5, 5.41) is 10.5. The van der Waals surface area contributed by atoms with Gasteiger partial charge in [0.2, 0.25) is 11.8 Å². The zero-order valence-electron chi connectivity index (χ0n) is 14.4. The topological polar surface area (TPSA) is 77.2 Å². The van der Waals surface area contributed by atoms with Crippen molar-refractivity contribution in [3.05, 3.63) is 59.2 Å². The van der Waals surface area contributed by atoms with Gasteiger partial charge in [0.25, 0.3) is 0 Å². The summed E-state index contributed by atoms with van der Waals surface area (Å²) < 4.78 is 10.6. The van der Waals surface area contributed by atoms with Gasteiger partial charge in [0.1, 0.15) is 5.75 Å². The van der Waals surface area contributed by atoms with Crippen LogP contribution >= 0.6 is 0 Å². The average molecular weight is 337 g/mol. The van der Waals surface area contributed by atoms with E-state index in [0.717, 1.165) is 28.0 Å². The molecule has 2 aromatic carbocycles. The number of hydrogen-bond donors (Lipinski definition) is 1. The molecule has 0 atom stereocenters. The van der Waals surface area contributed by atoms with Crippen LogP contribution in [0.1, 0.15) is 16.7 Å². The zero-order chi connectivity index (χ0) is 17.8. The quantitative estimate of drug-likeness (QED) is 0.770. The fourth-order valence-electron chi connectivity index (χ4n) is 2.58. The number of methoxy groups -OCH3 is 1. The van der Waals surface area contributed by atoms with E-state index < -0.39 is 0 Å². The highest BCUT2D eigenvalue weighted by Gasteiger charge is 2.12. The number of aryl methyl sites for hydroxylation is 2. The van der Waals surface area contributed by atoms with Crippen LogP contribution in [0.3, 0.4) is 0 Å². The first-order valence-electron chi connectivity index (χ1n) is 7.88. The maximum atomic E-state index is 12.1. The molecular weight excluding hydrogens is 318 g/mol.